The maximum Gasteiger partial charge on any atom is 0.326 e. The molecule has 2 amide bonds. The number of aliphatic carboxylic acids is 2. The van der Waals surface area contributed by atoms with Gasteiger partial charge in [-0.25, -0.2) is 9.59 Å². The van der Waals surface area contributed by atoms with E-state index >= 15 is 0 Å². The van der Waals surface area contributed by atoms with Gasteiger partial charge in [0.15, 0.2) is 0 Å². The molecule has 1 aromatic rings. The van der Waals surface area contributed by atoms with Gasteiger partial charge in [-0.3, -0.25) is 4.79 Å². The van der Waals surface area contributed by atoms with Gasteiger partial charge in [-0.05, 0) is 18.2 Å². The highest BCUT2D eigenvalue weighted by atomic mass is 35.5. The van der Waals surface area contributed by atoms with Gasteiger partial charge in [0, 0.05) is 10.7 Å². The number of rotatable bonds is 5. The first-order valence-corrected chi connectivity index (χ1v) is 5.54. The molecule has 19 heavy (non-hydrogen) atoms. The molecule has 1 atom stereocenters. The van der Waals surface area contributed by atoms with Crippen LogP contribution in [-0.2, 0) is 9.59 Å². The predicted molar refractivity (Wildman–Crippen MR) is 67.3 cm³/mol. The molecular formula is C11H11ClN2O5. The fourth-order valence-corrected chi connectivity index (χ4v) is 1.46. The van der Waals surface area contributed by atoms with E-state index in [0.717, 1.165) is 0 Å². The second kappa shape index (κ2) is 6.60. The Morgan fingerprint density at radius 2 is 1.95 bits per heavy atom. The van der Waals surface area contributed by atoms with Gasteiger partial charge < -0.3 is 20.8 Å². The molecule has 7 nitrogen and oxygen atoms in total. The quantitative estimate of drug-likeness (QED) is 0.653. The van der Waals surface area contributed by atoms with Crippen LogP contribution in [0.25, 0.3) is 0 Å². The summed E-state index contributed by atoms with van der Waals surface area (Å²) in [6.07, 6.45) is -0.710. The topological polar surface area (TPSA) is 116 Å². The van der Waals surface area contributed by atoms with Crippen molar-refractivity contribution in [2.24, 2.45) is 0 Å². The molecule has 0 saturated carbocycles. The number of carboxylic acids is 2. The van der Waals surface area contributed by atoms with E-state index in [-0.39, 0.29) is 0 Å². The molecule has 0 saturated heterocycles. The highest BCUT2D eigenvalue weighted by Crippen LogP contribution is 2.14. The Hall–Kier alpha value is -2.28. The van der Waals surface area contributed by atoms with Crippen LogP contribution in [-0.4, -0.2) is 34.2 Å². The van der Waals surface area contributed by atoms with Crippen LogP contribution in [0.2, 0.25) is 5.02 Å². The number of carbonyl (C=O) groups excluding carboxylic acids is 1. The molecule has 0 heterocycles. The van der Waals surface area contributed by atoms with Crippen LogP contribution in [0.1, 0.15) is 6.42 Å². The third-order valence-corrected chi connectivity index (χ3v) is 2.30. The van der Waals surface area contributed by atoms with Crippen LogP contribution in [0.15, 0.2) is 24.3 Å². The lowest BCUT2D eigenvalue weighted by Crippen LogP contribution is -2.44. The first kappa shape index (κ1) is 14.8. The molecule has 0 aromatic heterocycles. The fourth-order valence-electron chi connectivity index (χ4n) is 1.27. The average Bonchev–Trinajstić information content (AvgIpc) is 2.27. The number of urea groups is 1. The van der Waals surface area contributed by atoms with Crippen LogP contribution in [0, 0.1) is 0 Å². The van der Waals surface area contributed by atoms with E-state index in [1.165, 1.54) is 6.07 Å². The second-order valence-electron chi connectivity index (χ2n) is 3.60. The normalized spacial score (nSPS) is 11.4. The van der Waals surface area contributed by atoms with E-state index < -0.39 is 30.4 Å². The SMILES string of the molecule is O=C(O)C[C@H](NC(=O)Nc1cccc(Cl)c1)C(=O)O. The number of hydrogen-bond acceptors (Lipinski definition) is 3. The van der Waals surface area contributed by atoms with Crippen molar-refractivity contribution < 1.29 is 24.6 Å². The summed E-state index contributed by atoms with van der Waals surface area (Å²) < 4.78 is 0. The molecule has 0 spiro atoms. The van der Waals surface area contributed by atoms with Gasteiger partial charge in [-0.1, -0.05) is 17.7 Å². The molecule has 0 aliphatic carbocycles. The van der Waals surface area contributed by atoms with Crippen molar-refractivity contribution in [1.82, 2.24) is 5.32 Å². The number of anilines is 1. The number of amides is 2. The van der Waals surface area contributed by atoms with Crippen LogP contribution >= 0.6 is 11.6 Å². The Kier molecular flexibility index (Phi) is 5.13. The van der Waals surface area contributed by atoms with Crippen LogP contribution in [0.3, 0.4) is 0 Å². The standard InChI is InChI=1S/C11H11ClN2O5/c12-6-2-1-3-7(4-6)13-11(19)14-8(10(17)18)5-9(15)16/h1-4,8H,5H2,(H,15,16)(H,17,18)(H2,13,14,19)/t8-/m0/s1. The maximum absolute atomic E-state index is 11.5. The Bertz CT molecular complexity index is 506. The minimum Gasteiger partial charge on any atom is -0.481 e. The zero-order valence-corrected chi connectivity index (χ0v) is 10.3. The van der Waals surface area contributed by atoms with Gasteiger partial charge in [0.05, 0.1) is 6.42 Å². The Morgan fingerprint density at radius 1 is 1.26 bits per heavy atom. The van der Waals surface area contributed by atoms with Crippen molar-refractivity contribution in [1.29, 1.82) is 0 Å². The molecule has 0 fully saturated rings. The number of nitrogens with one attached hydrogen (secondary N) is 2. The Labute approximate surface area is 113 Å². The average molecular weight is 287 g/mol. The van der Waals surface area contributed by atoms with Gasteiger partial charge >= 0.3 is 18.0 Å². The summed E-state index contributed by atoms with van der Waals surface area (Å²) in [4.78, 5) is 32.7. The summed E-state index contributed by atoms with van der Waals surface area (Å²) in [5.74, 6) is -2.75. The van der Waals surface area contributed by atoms with Crippen LogP contribution < -0.4 is 10.6 Å². The monoisotopic (exact) mass is 286 g/mol. The van der Waals surface area contributed by atoms with Gasteiger partial charge in [0.25, 0.3) is 0 Å². The number of halogens is 1. The second-order valence-corrected chi connectivity index (χ2v) is 4.03. The number of carbonyl (C=O) groups is 3. The van der Waals surface area contributed by atoms with Crippen molar-refractivity contribution in [3.8, 4) is 0 Å². The van der Waals surface area contributed by atoms with E-state index in [4.69, 9.17) is 21.8 Å². The summed E-state index contributed by atoms with van der Waals surface area (Å²) in [5.41, 5.74) is 0.365. The van der Waals surface area contributed by atoms with E-state index in [9.17, 15) is 14.4 Å². The van der Waals surface area contributed by atoms with Crippen molar-refractivity contribution >= 4 is 35.3 Å². The highest BCUT2D eigenvalue weighted by molar-refractivity contribution is 6.30. The van der Waals surface area contributed by atoms with Gasteiger partial charge in [0.2, 0.25) is 0 Å². The number of hydrogen-bond donors (Lipinski definition) is 4. The number of benzene rings is 1. The molecule has 8 heteroatoms. The third-order valence-electron chi connectivity index (χ3n) is 2.06. The maximum atomic E-state index is 11.5. The summed E-state index contributed by atoms with van der Waals surface area (Å²) >= 11 is 5.71. The first-order valence-electron chi connectivity index (χ1n) is 5.16. The highest BCUT2D eigenvalue weighted by Gasteiger charge is 2.22. The molecule has 0 aliphatic heterocycles. The lowest BCUT2D eigenvalue weighted by Gasteiger charge is -2.13. The summed E-state index contributed by atoms with van der Waals surface area (Å²) in [5, 5.41) is 22.1. The molecular weight excluding hydrogens is 276 g/mol. The molecule has 0 aliphatic rings. The van der Waals surface area contributed by atoms with Crippen LogP contribution in [0.5, 0.6) is 0 Å². The summed E-state index contributed by atoms with van der Waals surface area (Å²) in [6.45, 7) is 0. The zero-order chi connectivity index (χ0) is 14.4. The third kappa shape index (κ3) is 5.26. The molecule has 0 bridgehead atoms. The van der Waals surface area contributed by atoms with Crippen LogP contribution in [0.4, 0.5) is 10.5 Å². The van der Waals surface area contributed by atoms with Gasteiger partial charge in [-0.2, -0.15) is 0 Å². The van der Waals surface area contributed by atoms with E-state index in [1.807, 2.05) is 5.32 Å². The molecule has 4 N–H and O–H groups in total. The van der Waals surface area contributed by atoms with E-state index in [0.29, 0.717) is 10.7 Å². The van der Waals surface area contributed by atoms with Crippen molar-refractivity contribution in [3.05, 3.63) is 29.3 Å². The fraction of sp³-hybridized carbons (Fsp3) is 0.182. The van der Waals surface area contributed by atoms with Gasteiger partial charge in [-0.15, -0.1) is 0 Å². The van der Waals surface area contributed by atoms with E-state index in [2.05, 4.69) is 5.32 Å². The number of carboxylic acid groups (broad SMARTS) is 2. The smallest absolute Gasteiger partial charge is 0.326 e. The first-order chi connectivity index (χ1) is 8.88. The lowest BCUT2D eigenvalue weighted by molar-refractivity contribution is -0.145. The molecule has 1 rings (SSSR count). The Morgan fingerprint density at radius 3 is 2.47 bits per heavy atom. The largest absolute Gasteiger partial charge is 0.481 e. The minimum absolute atomic E-state index is 0.365. The van der Waals surface area contributed by atoms with Crippen molar-refractivity contribution in [2.45, 2.75) is 12.5 Å². The molecule has 0 radical (unpaired) electrons. The van der Waals surface area contributed by atoms with Crippen molar-refractivity contribution in [2.75, 3.05) is 5.32 Å². The minimum atomic E-state index is -1.50. The molecule has 102 valence electrons. The van der Waals surface area contributed by atoms with E-state index in [1.54, 1.807) is 18.2 Å². The van der Waals surface area contributed by atoms with Crippen molar-refractivity contribution in [3.63, 3.8) is 0 Å². The molecule has 1 aromatic carbocycles. The zero-order valence-electron chi connectivity index (χ0n) is 9.59. The summed E-state index contributed by atoms with van der Waals surface area (Å²) in [7, 11) is 0. The molecule has 0 unspecified atom stereocenters. The Balaban J connectivity index is 2.62. The lowest BCUT2D eigenvalue weighted by atomic mass is 10.2. The summed E-state index contributed by atoms with van der Waals surface area (Å²) in [6, 6.07) is 3.90. The predicted octanol–water partition coefficient (Wildman–Crippen LogP) is 1.39. The van der Waals surface area contributed by atoms with Gasteiger partial charge in [0.1, 0.15) is 6.04 Å².